The van der Waals surface area contributed by atoms with Gasteiger partial charge in [0.05, 0.1) is 6.04 Å². The molecule has 0 spiro atoms. The normalized spacial score (nSPS) is 14.3. The van der Waals surface area contributed by atoms with Gasteiger partial charge >= 0.3 is 5.97 Å². The van der Waals surface area contributed by atoms with Gasteiger partial charge in [-0.3, -0.25) is 4.79 Å². The lowest BCUT2D eigenvalue weighted by Crippen LogP contribution is -2.51. The average Bonchev–Trinajstić information content (AvgIpc) is 2.22. The molecule has 0 saturated carbocycles. The lowest BCUT2D eigenvalue weighted by molar-refractivity contribution is -0.142. The summed E-state index contributed by atoms with van der Waals surface area (Å²) in [6, 6.07) is -1.71. The van der Waals surface area contributed by atoms with Crippen molar-refractivity contribution < 1.29 is 14.7 Å². The molecule has 1 amide bonds. The van der Waals surface area contributed by atoms with Crippen LogP contribution in [0, 0.1) is 0 Å². The zero-order valence-electron chi connectivity index (χ0n) is 8.90. The van der Waals surface area contributed by atoms with Crippen molar-refractivity contribution in [1.82, 2.24) is 5.32 Å². The van der Waals surface area contributed by atoms with Gasteiger partial charge in [0.25, 0.3) is 0 Å². The maximum absolute atomic E-state index is 11.3. The standard InChI is InChI=1S/C9H19N3O3/c1-2-3-4-7(9(14)15)12-8(13)6(11)5-10/h6-7H,2-5,10-11H2,1H3,(H,12,13)(H,14,15)/t6-,7+/m1/s1. The highest BCUT2D eigenvalue weighted by molar-refractivity contribution is 5.86. The monoisotopic (exact) mass is 217 g/mol. The van der Waals surface area contributed by atoms with Gasteiger partial charge in [-0.1, -0.05) is 19.8 Å². The molecule has 0 aromatic heterocycles. The Kier molecular flexibility index (Phi) is 6.64. The fraction of sp³-hybridized carbons (Fsp3) is 0.778. The van der Waals surface area contributed by atoms with Gasteiger partial charge < -0.3 is 21.9 Å². The second kappa shape index (κ2) is 7.19. The molecule has 0 fully saturated rings. The largest absolute Gasteiger partial charge is 0.480 e. The maximum Gasteiger partial charge on any atom is 0.326 e. The number of carboxylic acid groups (broad SMARTS) is 1. The fourth-order valence-electron chi connectivity index (χ4n) is 1.05. The first-order chi connectivity index (χ1) is 7.02. The smallest absolute Gasteiger partial charge is 0.326 e. The number of amides is 1. The van der Waals surface area contributed by atoms with E-state index >= 15 is 0 Å². The number of nitrogens with two attached hydrogens (primary N) is 2. The second-order valence-corrected chi connectivity index (χ2v) is 3.38. The van der Waals surface area contributed by atoms with E-state index in [1.165, 1.54) is 0 Å². The summed E-state index contributed by atoms with van der Waals surface area (Å²) in [6.07, 6.45) is 2.03. The van der Waals surface area contributed by atoms with Crippen LogP contribution in [0.2, 0.25) is 0 Å². The lowest BCUT2D eigenvalue weighted by atomic mass is 10.1. The van der Waals surface area contributed by atoms with Crippen molar-refractivity contribution in [2.75, 3.05) is 6.54 Å². The van der Waals surface area contributed by atoms with Crippen LogP contribution < -0.4 is 16.8 Å². The molecule has 88 valence electrons. The highest BCUT2D eigenvalue weighted by atomic mass is 16.4. The Morgan fingerprint density at radius 1 is 1.47 bits per heavy atom. The minimum Gasteiger partial charge on any atom is -0.480 e. The SMILES string of the molecule is CCCC[C@H](NC(=O)[C@H](N)CN)C(=O)O. The van der Waals surface area contributed by atoms with E-state index in [0.717, 1.165) is 12.8 Å². The number of hydrogen-bond acceptors (Lipinski definition) is 4. The van der Waals surface area contributed by atoms with Crippen molar-refractivity contribution in [2.45, 2.75) is 38.3 Å². The Morgan fingerprint density at radius 2 is 2.07 bits per heavy atom. The molecule has 0 unspecified atom stereocenters. The summed E-state index contributed by atoms with van der Waals surface area (Å²) in [4.78, 5) is 22.0. The molecule has 0 aliphatic heterocycles. The maximum atomic E-state index is 11.3. The summed E-state index contributed by atoms with van der Waals surface area (Å²) < 4.78 is 0. The first kappa shape index (κ1) is 13.9. The molecule has 0 aromatic carbocycles. The molecule has 0 rings (SSSR count). The van der Waals surface area contributed by atoms with E-state index in [1.54, 1.807) is 0 Å². The van der Waals surface area contributed by atoms with E-state index in [9.17, 15) is 9.59 Å². The number of aliphatic carboxylic acids is 1. The third-order valence-electron chi connectivity index (χ3n) is 2.05. The van der Waals surface area contributed by atoms with Crippen molar-refractivity contribution in [3.05, 3.63) is 0 Å². The fourth-order valence-corrected chi connectivity index (χ4v) is 1.05. The summed E-state index contributed by atoms with van der Waals surface area (Å²) in [5.41, 5.74) is 10.6. The molecule has 6 nitrogen and oxygen atoms in total. The van der Waals surface area contributed by atoms with Crippen LogP contribution in [0.15, 0.2) is 0 Å². The molecule has 0 aliphatic rings. The Hall–Kier alpha value is -1.14. The number of hydrogen-bond donors (Lipinski definition) is 4. The van der Waals surface area contributed by atoms with Gasteiger partial charge in [-0.2, -0.15) is 0 Å². The van der Waals surface area contributed by atoms with Gasteiger partial charge in [0.2, 0.25) is 5.91 Å². The number of unbranched alkanes of at least 4 members (excludes halogenated alkanes) is 1. The first-order valence-corrected chi connectivity index (χ1v) is 5.01. The summed E-state index contributed by atoms with van der Waals surface area (Å²) in [6.45, 7) is 1.96. The zero-order chi connectivity index (χ0) is 11.8. The third kappa shape index (κ3) is 5.34. The van der Waals surface area contributed by atoms with Crippen molar-refractivity contribution in [3.63, 3.8) is 0 Å². The van der Waals surface area contributed by atoms with Crippen molar-refractivity contribution in [1.29, 1.82) is 0 Å². The Balaban J connectivity index is 4.16. The first-order valence-electron chi connectivity index (χ1n) is 5.01. The van der Waals surface area contributed by atoms with Crippen LogP contribution in [0.5, 0.6) is 0 Å². The van der Waals surface area contributed by atoms with Crippen molar-refractivity contribution in [2.24, 2.45) is 11.5 Å². The van der Waals surface area contributed by atoms with Crippen LogP contribution in [0.1, 0.15) is 26.2 Å². The van der Waals surface area contributed by atoms with Gasteiger partial charge in [-0.25, -0.2) is 4.79 Å². The van der Waals surface area contributed by atoms with E-state index in [-0.39, 0.29) is 6.54 Å². The minimum absolute atomic E-state index is 0.00590. The molecular weight excluding hydrogens is 198 g/mol. The number of rotatable bonds is 7. The summed E-state index contributed by atoms with van der Waals surface area (Å²) in [5.74, 6) is -1.55. The van der Waals surface area contributed by atoms with Gasteiger partial charge in [0, 0.05) is 6.54 Å². The molecule has 0 saturated heterocycles. The number of carbonyl (C=O) groups excluding carboxylic acids is 1. The molecule has 0 radical (unpaired) electrons. The number of carboxylic acids is 1. The summed E-state index contributed by atoms with van der Waals surface area (Å²) in [5, 5.41) is 11.2. The van der Waals surface area contributed by atoms with Crippen LogP contribution in [0.4, 0.5) is 0 Å². The van der Waals surface area contributed by atoms with E-state index in [1.807, 2.05) is 6.92 Å². The number of nitrogens with one attached hydrogen (secondary N) is 1. The van der Waals surface area contributed by atoms with Crippen LogP contribution in [-0.2, 0) is 9.59 Å². The number of carbonyl (C=O) groups is 2. The van der Waals surface area contributed by atoms with Crippen LogP contribution in [0.25, 0.3) is 0 Å². The predicted molar refractivity (Wildman–Crippen MR) is 56.1 cm³/mol. The van der Waals surface area contributed by atoms with Gasteiger partial charge in [-0.15, -0.1) is 0 Å². The highest BCUT2D eigenvalue weighted by Gasteiger charge is 2.21. The Bertz CT molecular complexity index is 221. The average molecular weight is 217 g/mol. The predicted octanol–water partition coefficient (Wildman–Crippen LogP) is -0.968. The minimum atomic E-state index is -1.04. The molecule has 15 heavy (non-hydrogen) atoms. The molecule has 0 aliphatic carbocycles. The van der Waals surface area contributed by atoms with Crippen molar-refractivity contribution >= 4 is 11.9 Å². The second-order valence-electron chi connectivity index (χ2n) is 3.38. The molecule has 0 bridgehead atoms. The van der Waals surface area contributed by atoms with Gasteiger partial charge in [0.1, 0.15) is 6.04 Å². The topological polar surface area (TPSA) is 118 Å². The summed E-state index contributed by atoms with van der Waals surface area (Å²) in [7, 11) is 0. The molecular formula is C9H19N3O3. The Labute approximate surface area is 89.0 Å². The van der Waals surface area contributed by atoms with E-state index in [0.29, 0.717) is 6.42 Å². The van der Waals surface area contributed by atoms with Crippen molar-refractivity contribution in [3.8, 4) is 0 Å². The molecule has 6 heteroatoms. The third-order valence-corrected chi connectivity index (χ3v) is 2.05. The van der Waals surface area contributed by atoms with Crippen LogP contribution >= 0.6 is 0 Å². The molecule has 0 heterocycles. The molecule has 2 atom stereocenters. The molecule has 6 N–H and O–H groups in total. The van der Waals surface area contributed by atoms with Crippen LogP contribution in [0.3, 0.4) is 0 Å². The Morgan fingerprint density at radius 3 is 2.47 bits per heavy atom. The van der Waals surface area contributed by atoms with Crippen LogP contribution in [-0.4, -0.2) is 35.6 Å². The van der Waals surface area contributed by atoms with Gasteiger partial charge in [-0.05, 0) is 6.42 Å². The quantitative estimate of drug-likeness (QED) is 0.437. The van der Waals surface area contributed by atoms with E-state index < -0.39 is 24.0 Å². The zero-order valence-corrected chi connectivity index (χ0v) is 8.90. The molecule has 0 aromatic rings. The lowest BCUT2D eigenvalue weighted by Gasteiger charge is -2.16. The highest BCUT2D eigenvalue weighted by Crippen LogP contribution is 2.01. The van der Waals surface area contributed by atoms with E-state index in [4.69, 9.17) is 16.6 Å². The summed E-state index contributed by atoms with van der Waals surface area (Å²) >= 11 is 0. The van der Waals surface area contributed by atoms with Gasteiger partial charge in [0.15, 0.2) is 0 Å². The van der Waals surface area contributed by atoms with E-state index in [2.05, 4.69) is 5.32 Å².